The minimum Gasteiger partial charge on any atom is -0.481 e. The summed E-state index contributed by atoms with van der Waals surface area (Å²) in [6.07, 6.45) is 1.00. The Bertz CT molecular complexity index is 421. The molecule has 7 heteroatoms. The molecule has 1 aromatic heterocycles. The van der Waals surface area contributed by atoms with Gasteiger partial charge >= 0.3 is 5.69 Å². The van der Waals surface area contributed by atoms with E-state index in [9.17, 15) is 10.1 Å². The monoisotopic (exact) mass is 255 g/mol. The number of nitro groups is 1. The molecule has 1 unspecified atom stereocenters. The van der Waals surface area contributed by atoms with Crippen molar-refractivity contribution in [3.05, 3.63) is 22.2 Å². The first-order valence-electron chi connectivity index (χ1n) is 5.24. The van der Waals surface area contributed by atoms with Crippen LogP contribution in [0.1, 0.15) is 6.42 Å². The summed E-state index contributed by atoms with van der Waals surface area (Å²) < 4.78 is 4.98. The smallest absolute Gasteiger partial charge is 0.311 e. The highest BCUT2D eigenvalue weighted by Gasteiger charge is 2.22. The molecule has 0 spiro atoms. The predicted octanol–water partition coefficient (Wildman–Crippen LogP) is 1.92. The van der Waals surface area contributed by atoms with Crippen LogP contribution < -0.4 is 10.1 Å². The van der Waals surface area contributed by atoms with E-state index in [-0.39, 0.29) is 11.7 Å². The summed E-state index contributed by atoms with van der Waals surface area (Å²) in [7, 11) is 1.49. The number of nitrogens with zero attached hydrogens (tertiary/aromatic N) is 2. The summed E-state index contributed by atoms with van der Waals surface area (Å²) in [5, 5.41) is 14.0. The Morgan fingerprint density at radius 1 is 1.65 bits per heavy atom. The van der Waals surface area contributed by atoms with E-state index in [1.165, 1.54) is 19.2 Å². The Kier molecular flexibility index (Phi) is 3.68. The molecule has 2 rings (SSSR count). The normalized spacial score (nSPS) is 19.0. The molecule has 0 aromatic carbocycles. The van der Waals surface area contributed by atoms with Crippen molar-refractivity contribution in [1.82, 2.24) is 4.98 Å². The summed E-state index contributed by atoms with van der Waals surface area (Å²) in [6, 6.07) is 3.15. The van der Waals surface area contributed by atoms with Crippen LogP contribution in [0, 0.1) is 10.1 Å². The van der Waals surface area contributed by atoms with Crippen LogP contribution in [0.25, 0.3) is 0 Å². The Morgan fingerprint density at radius 2 is 2.47 bits per heavy atom. The number of nitrogens with one attached hydrogen (secondary N) is 1. The lowest BCUT2D eigenvalue weighted by Gasteiger charge is -2.12. The molecular formula is C10H13N3O3S. The minimum atomic E-state index is -0.434. The molecule has 0 aliphatic carbocycles. The molecule has 0 bridgehead atoms. The highest BCUT2D eigenvalue weighted by molar-refractivity contribution is 7.99. The molecule has 1 aliphatic heterocycles. The van der Waals surface area contributed by atoms with Crippen molar-refractivity contribution in [2.75, 3.05) is 23.9 Å². The fourth-order valence-corrected chi connectivity index (χ4v) is 2.80. The zero-order chi connectivity index (χ0) is 12.3. The molecular weight excluding hydrogens is 242 g/mol. The average Bonchev–Trinajstić information content (AvgIpc) is 2.81. The van der Waals surface area contributed by atoms with Gasteiger partial charge in [0.15, 0.2) is 0 Å². The number of pyridine rings is 1. The highest BCUT2D eigenvalue weighted by atomic mass is 32.2. The standard InChI is InChI=1S/C10H13N3O3S/c1-16-9-3-2-8(13(14)15)10(12-9)11-7-4-5-17-6-7/h2-3,7H,4-6H2,1H3,(H,11,12). The van der Waals surface area contributed by atoms with Crippen LogP contribution in [0.5, 0.6) is 5.88 Å². The number of anilines is 1. The van der Waals surface area contributed by atoms with Gasteiger partial charge in [0.05, 0.1) is 12.0 Å². The quantitative estimate of drug-likeness (QED) is 0.654. The lowest BCUT2D eigenvalue weighted by Crippen LogP contribution is -2.19. The van der Waals surface area contributed by atoms with Crippen molar-refractivity contribution >= 4 is 23.3 Å². The molecule has 1 fully saturated rings. The number of hydrogen-bond donors (Lipinski definition) is 1. The Labute approximate surface area is 103 Å². The van der Waals surface area contributed by atoms with E-state index in [2.05, 4.69) is 10.3 Å². The lowest BCUT2D eigenvalue weighted by atomic mass is 10.2. The zero-order valence-corrected chi connectivity index (χ0v) is 10.2. The summed E-state index contributed by atoms with van der Waals surface area (Å²) in [6.45, 7) is 0. The average molecular weight is 255 g/mol. The highest BCUT2D eigenvalue weighted by Crippen LogP contribution is 2.28. The van der Waals surface area contributed by atoms with E-state index >= 15 is 0 Å². The van der Waals surface area contributed by atoms with Crippen molar-refractivity contribution in [2.24, 2.45) is 0 Å². The van der Waals surface area contributed by atoms with Crippen LogP contribution in [0.15, 0.2) is 12.1 Å². The molecule has 0 saturated carbocycles. The van der Waals surface area contributed by atoms with Gasteiger partial charge in [0.25, 0.3) is 0 Å². The van der Waals surface area contributed by atoms with Gasteiger partial charge in [-0.3, -0.25) is 10.1 Å². The van der Waals surface area contributed by atoms with E-state index < -0.39 is 4.92 Å². The second kappa shape index (κ2) is 5.22. The first kappa shape index (κ1) is 12.0. The Hall–Kier alpha value is -1.50. The van der Waals surface area contributed by atoms with E-state index in [1.54, 1.807) is 0 Å². The third kappa shape index (κ3) is 2.79. The van der Waals surface area contributed by atoms with Gasteiger partial charge in [-0.1, -0.05) is 0 Å². The second-order valence-corrected chi connectivity index (χ2v) is 4.83. The second-order valence-electron chi connectivity index (χ2n) is 3.68. The van der Waals surface area contributed by atoms with Crippen molar-refractivity contribution in [3.63, 3.8) is 0 Å². The van der Waals surface area contributed by atoms with Crippen molar-refractivity contribution in [1.29, 1.82) is 0 Å². The predicted molar refractivity (Wildman–Crippen MR) is 66.8 cm³/mol. The van der Waals surface area contributed by atoms with E-state index in [4.69, 9.17) is 4.74 Å². The number of methoxy groups -OCH3 is 1. The molecule has 1 aliphatic rings. The van der Waals surface area contributed by atoms with Gasteiger partial charge in [0.2, 0.25) is 11.7 Å². The molecule has 1 atom stereocenters. The number of thioether (sulfide) groups is 1. The van der Waals surface area contributed by atoms with E-state index in [1.807, 2.05) is 11.8 Å². The van der Waals surface area contributed by atoms with Crippen molar-refractivity contribution in [2.45, 2.75) is 12.5 Å². The molecule has 6 nitrogen and oxygen atoms in total. The molecule has 2 heterocycles. The van der Waals surface area contributed by atoms with Crippen molar-refractivity contribution in [3.8, 4) is 5.88 Å². The SMILES string of the molecule is COc1ccc([N+](=O)[O-])c(NC2CCSC2)n1. The van der Waals surface area contributed by atoms with Crippen LogP contribution in [0.4, 0.5) is 11.5 Å². The molecule has 17 heavy (non-hydrogen) atoms. The number of hydrogen-bond acceptors (Lipinski definition) is 6. The van der Waals surface area contributed by atoms with Crippen molar-refractivity contribution < 1.29 is 9.66 Å². The van der Waals surface area contributed by atoms with Gasteiger partial charge in [0.1, 0.15) is 0 Å². The minimum absolute atomic E-state index is 0.0114. The van der Waals surface area contributed by atoms with E-state index in [0.717, 1.165) is 17.9 Å². The van der Waals surface area contributed by atoms with Gasteiger partial charge in [-0.05, 0) is 12.2 Å². The topological polar surface area (TPSA) is 77.3 Å². The molecule has 1 aromatic rings. The third-order valence-corrected chi connectivity index (χ3v) is 3.69. The largest absolute Gasteiger partial charge is 0.481 e. The van der Waals surface area contributed by atoms with Crippen LogP contribution in [-0.2, 0) is 0 Å². The lowest BCUT2D eigenvalue weighted by molar-refractivity contribution is -0.384. The van der Waals surface area contributed by atoms with Crippen LogP contribution in [0.3, 0.4) is 0 Å². The maximum Gasteiger partial charge on any atom is 0.311 e. The first-order valence-corrected chi connectivity index (χ1v) is 6.40. The van der Waals surface area contributed by atoms with Crippen LogP contribution in [-0.4, -0.2) is 34.6 Å². The first-order chi connectivity index (χ1) is 8.20. The van der Waals surface area contributed by atoms with E-state index in [0.29, 0.717) is 11.7 Å². The zero-order valence-electron chi connectivity index (χ0n) is 9.38. The number of ether oxygens (including phenoxy) is 1. The molecule has 0 amide bonds. The summed E-state index contributed by atoms with van der Waals surface area (Å²) in [5.41, 5.74) is -0.0114. The van der Waals surface area contributed by atoms with Crippen LogP contribution >= 0.6 is 11.8 Å². The van der Waals surface area contributed by atoms with Crippen LogP contribution in [0.2, 0.25) is 0 Å². The van der Waals surface area contributed by atoms with Gasteiger partial charge in [-0.2, -0.15) is 16.7 Å². The fourth-order valence-electron chi connectivity index (χ4n) is 1.64. The summed E-state index contributed by atoms with van der Waals surface area (Å²) in [5.74, 6) is 2.71. The molecule has 1 saturated heterocycles. The summed E-state index contributed by atoms with van der Waals surface area (Å²) >= 11 is 1.83. The van der Waals surface area contributed by atoms with Gasteiger partial charge in [-0.15, -0.1) is 0 Å². The molecule has 0 radical (unpaired) electrons. The molecule has 1 N–H and O–H groups in total. The number of rotatable bonds is 4. The maximum atomic E-state index is 10.9. The van der Waals surface area contributed by atoms with Gasteiger partial charge < -0.3 is 10.1 Å². The Morgan fingerprint density at radius 3 is 3.06 bits per heavy atom. The summed E-state index contributed by atoms with van der Waals surface area (Å²) in [4.78, 5) is 14.5. The number of aromatic nitrogens is 1. The molecule has 92 valence electrons. The Balaban J connectivity index is 2.24. The third-order valence-electron chi connectivity index (χ3n) is 2.52. The maximum absolute atomic E-state index is 10.9. The van der Waals surface area contributed by atoms with Gasteiger partial charge in [-0.25, -0.2) is 0 Å². The fraction of sp³-hybridized carbons (Fsp3) is 0.500. The van der Waals surface area contributed by atoms with Gasteiger partial charge in [0, 0.05) is 23.9 Å².